The molecule has 1 aliphatic heterocycles. The van der Waals surface area contributed by atoms with Gasteiger partial charge < -0.3 is 9.47 Å². The summed E-state index contributed by atoms with van der Waals surface area (Å²) < 4.78 is 33.3. The zero-order valence-electron chi connectivity index (χ0n) is 14.7. The van der Waals surface area contributed by atoms with Gasteiger partial charge in [0.2, 0.25) is 5.91 Å². The minimum atomic E-state index is -2.96. The number of hydrogen-bond donors (Lipinski definition) is 1. The second-order valence-electron chi connectivity index (χ2n) is 6.22. The Morgan fingerprint density at radius 3 is 2.60 bits per heavy atom. The fourth-order valence-electron chi connectivity index (χ4n) is 2.82. The maximum absolute atomic E-state index is 11.9. The SMILES string of the molecule is COc1ccc(C/C(C)=N\NC(=O)C[C@H]2CCS(=O)(=O)C2)cc1OC. The third-order valence-electron chi connectivity index (χ3n) is 4.08. The smallest absolute Gasteiger partial charge is 0.240 e. The summed E-state index contributed by atoms with van der Waals surface area (Å²) in [5.41, 5.74) is 4.22. The molecule has 1 fully saturated rings. The summed E-state index contributed by atoms with van der Waals surface area (Å²) in [5.74, 6) is 1.20. The van der Waals surface area contributed by atoms with Gasteiger partial charge in [-0.2, -0.15) is 5.10 Å². The molecule has 0 saturated carbocycles. The number of methoxy groups -OCH3 is 2. The first-order chi connectivity index (χ1) is 11.8. The second kappa shape index (κ2) is 8.33. The number of ether oxygens (including phenoxy) is 2. The van der Waals surface area contributed by atoms with Crippen LogP contribution >= 0.6 is 0 Å². The quantitative estimate of drug-likeness (QED) is 0.582. The molecule has 8 heteroatoms. The average Bonchev–Trinajstić information content (AvgIpc) is 2.91. The van der Waals surface area contributed by atoms with Crippen molar-refractivity contribution < 1.29 is 22.7 Å². The third kappa shape index (κ3) is 5.74. The molecule has 0 spiro atoms. The highest BCUT2D eigenvalue weighted by Crippen LogP contribution is 2.27. The molecule has 0 aromatic heterocycles. The maximum Gasteiger partial charge on any atom is 0.240 e. The maximum atomic E-state index is 11.9. The lowest BCUT2D eigenvalue weighted by molar-refractivity contribution is -0.121. The summed E-state index contributed by atoms with van der Waals surface area (Å²) >= 11 is 0. The van der Waals surface area contributed by atoms with Crippen molar-refractivity contribution in [3.63, 3.8) is 0 Å². The van der Waals surface area contributed by atoms with E-state index in [2.05, 4.69) is 10.5 Å². The van der Waals surface area contributed by atoms with E-state index in [4.69, 9.17) is 9.47 Å². The summed E-state index contributed by atoms with van der Waals surface area (Å²) in [6.07, 6.45) is 1.29. The Morgan fingerprint density at radius 2 is 2.00 bits per heavy atom. The number of amides is 1. The van der Waals surface area contributed by atoms with Crippen LogP contribution < -0.4 is 14.9 Å². The van der Waals surface area contributed by atoms with E-state index in [9.17, 15) is 13.2 Å². The first-order valence-corrected chi connectivity index (χ1v) is 9.88. The molecule has 0 aliphatic carbocycles. The molecule has 0 bridgehead atoms. The number of rotatable bonds is 7. The Labute approximate surface area is 148 Å². The van der Waals surface area contributed by atoms with Crippen molar-refractivity contribution in [3.8, 4) is 11.5 Å². The van der Waals surface area contributed by atoms with Crippen molar-refractivity contribution in [3.05, 3.63) is 23.8 Å². The highest BCUT2D eigenvalue weighted by atomic mass is 32.2. The van der Waals surface area contributed by atoms with Gasteiger partial charge in [-0.1, -0.05) is 6.07 Å². The van der Waals surface area contributed by atoms with Gasteiger partial charge in [0.15, 0.2) is 21.3 Å². The van der Waals surface area contributed by atoms with E-state index in [-0.39, 0.29) is 29.8 Å². The predicted octanol–water partition coefficient (Wildman–Crippen LogP) is 1.56. The van der Waals surface area contributed by atoms with Crippen molar-refractivity contribution in [2.75, 3.05) is 25.7 Å². The monoisotopic (exact) mass is 368 g/mol. The van der Waals surface area contributed by atoms with Crippen molar-refractivity contribution in [2.45, 2.75) is 26.2 Å². The number of nitrogens with zero attached hydrogens (tertiary/aromatic N) is 1. The molecular formula is C17H24N2O5S. The fraction of sp³-hybridized carbons (Fsp3) is 0.529. The zero-order valence-corrected chi connectivity index (χ0v) is 15.6. The van der Waals surface area contributed by atoms with Crippen LogP contribution in [0.25, 0.3) is 0 Å². The lowest BCUT2D eigenvalue weighted by Gasteiger charge is -2.10. The average molecular weight is 368 g/mol. The van der Waals surface area contributed by atoms with Crippen molar-refractivity contribution >= 4 is 21.5 Å². The van der Waals surface area contributed by atoms with Gasteiger partial charge in [-0.15, -0.1) is 0 Å². The third-order valence-corrected chi connectivity index (χ3v) is 5.92. The molecule has 0 radical (unpaired) electrons. The number of hydrogen-bond acceptors (Lipinski definition) is 6. The van der Waals surface area contributed by atoms with Crippen LogP contribution in [-0.2, 0) is 21.1 Å². The molecule has 138 valence electrons. The molecule has 1 aromatic carbocycles. The number of carbonyl (C=O) groups excluding carboxylic acids is 1. The van der Waals surface area contributed by atoms with Crippen LogP contribution in [0.4, 0.5) is 0 Å². The Balaban J connectivity index is 1.88. The molecule has 1 aliphatic rings. The predicted molar refractivity (Wildman–Crippen MR) is 95.9 cm³/mol. The number of sulfone groups is 1. The molecule has 1 amide bonds. The minimum absolute atomic E-state index is 0.0920. The van der Waals surface area contributed by atoms with Crippen LogP contribution in [0.3, 0.4) is 0 Å². The second-order valence-corrected chi connectivity index (χ2v) is 8.45. The van der Waals surface area contributed by atoms with Gasteiger partial charge in [0, 0.05) is 18.6 Å². The minimum Gasteiger partial charge on any atom is -0.493 e. The van der Waals surface area contributed by atoms with Gasteiger partial charge in [-0.25, -0.2) is 13.8 Å². The summed E-state index contributed by atoms with van der Waals surface area (Å²) in [6.45, 7) is 1.82. The Bertz CT molecular complexity index is 758. The molecular weight excluding hydrogens is 344 g/mol. The molecule has 1 aromatic rings. The van der Waals surface area contributed by atoms with Gasteiger partial charge in [-0.3, -0.25) is 4.79 Å². The summed E-state index contributed by atoms with van der Waals surface area (Å²) in [6, 6.07) is 5.59. The molecule has 1 saturated heterocycles. The topological polar surface area (TPSA) is 94.1 Å². The molecule has 25 heavy (non-hydrogen) atoms. The van der Waals surface area contributed by atoms with E-state index < -0.39 is 9.84 Å². The summed E-state index contributed by atoms with van der Waals surface area (Å²) in [4.78, 5) is 11.9. The Kier molecular flexibility index (Phi) is 6.41. The lowest BCUT2D eigenvalue weighted by atomic mass is 10.1. The van der Waals surface area contributed by atoms with Gasteiger partial charge >= 0.3 is 0 Å². The lowest BCUT2D eigenvalue weighted by Crippen LogP contribution is -2.23. The van der Waals surface area contributed by atoms with Crippen LogP contribution in [0.2, 0.25) is 0 Å². The first kappa shape index (κ1) is 19.2. The zero-order chi connectivity index (χ0) is 18.4. The van der Waals surface area contributed by atoms with E-state index in [0.717, 1.165) is 11.3 Å². The standard InChI is InChI=1S/C17H24N2O5S/c1-12(8-13-4-5-15(23-2)16(9-13)24-3)18-19-17(20)10-14-6-7-25(21,22)11-14/h4-5,9,14H,6-8,10-11H2,1-3H3,(H,19,20)/b18-12-/t14-/m1/s1. The van der Waals surface area contributed by atoms with Crippen molar-refractivity contribution in [2.24, 2.45) is 11.0 Å². The van der Waals surface area contributed by atoms with Crippen LogP contribution in [0.5, 0.6) is 11.5 Å². The highest BCUT2D eigenvalue weighted by Gasteiger charge is 2.29. The normalized spacial score (nSPS) is 19.5. The molecule has 0 unspecified atom stereocenters. The van der Waals surface area contributed by atoms with Crippen molar-refractivity contribution in [1.29, 1.82) is 0 Å². The number of hydrazone groups is 1. The number of benzene rings is 1. The Morgan fingerprint density at radius 1 is 1.28 bits per heavy atom. The van der Waals surface area contributed by atoms with Crippen LogP contribution in [0.15, 0.2) is 23.3 Å². The molecule has 1 atom stereocenters. The summed E-state index contributed by atoms with van der Waals surface area (Å²) in [7, 11) is 0.191. The van der Waals surface area contributed by atoms with E-state index in [0.29, 0.717) is 24.3 Å². The van der Waals surface area contributed by atoms with Crippen molar-refractivity contribution in [1.82, 2.24) is 5.43 Å². The van der Waals surface area contributed by atoms with E-state index in [1.165, 1.54) is 0 Å². The van der Waals surface area contributed by atoms with Gasteiger partial charge in [-0.05, 0) is 37.0 Å². The van der Waals surface area contributed by atoms with E-state index >= 15 is 0 Å². The molecule has 2 rings (SSSR count). The van der Waals surface area contributed by atoms with Gasteiger partial charge in [0.25, 0.3) is 0 Å². The molecule has 1 heterocycles. The number of nitrogens with one attached hydrogen (secondary N) is 1. The summed E-state index contributed by atoms with van der Waals surface area (Å²) in [5, 5.41) is 4.09. The largest absolute Gasteiger partial charge is 0.493 e. The first-order valence-electron chi connectivity index (χ1n) is 8.06. The van der Waals surface area contributed by atoms with Crippen LogP contribution in [0, 0.1) is 5.92 Å². The molecule has 1 N–H and O–H groups in total. The van der Waals surface area contributed by atoms with Crippen LogP contribution in [0.1, 0.15) is 25.3 Å². The highest BCUT2D eigenvalue weighted by molar-refractivity contribution is 7.91. The molecule has 7 nitrogen and oxygen atoms in total. The number of carbonyl (C=O) groups is 1. The van der Waals surface area contributed by atoms with Crippen LogP contribution in [-0.4, -0.2) is 45.8 Å². The van der Waals surface area contributed by atoms with E-state index in [1.54, 1.807) is 14.2 Å². The van der Waals surface area contributed by atoms with Gasteiger partial charge in [0.05, 0.1) is 25.7 Å². The fourth-order valence-corrected chi connectivity index (χ4v) is 4.69. The van der Waals surface area contributed by atoms with Gasteiger partial charge in [0.1, 0.15) is 0 Å². The Hall–Kier alpha value is -2.09. The van der Waals surface area contributed by atoms with E-state index in [1.807, 2.05) is 25.1 Å².